The van der Waals surface area contributed by atoms with Gasteiger partial charge in [0.2, 0.25) is 15.9 Å². The van der Waals surface area contributed by atoms with E-state index in [9.17, 15) is 13.2 Å². The molecule has 2 rings (SSSR count). The molecule has 5 nitrogen and oxygen atoms in total. The highest BCUT2D eigenvalue weighted by Crippen LogP contribution is 2.18. The van der Waals surface area contributed by atoms with Gasteiger partial charge in [-0.15, -0.1) is 0 Å². The van der Waals surface area contributed by atoms with Crippen molar-refractivity contribution in [2.75, 3.05) is 18.9 Å². The van der Waals surface area contributed by atoms with Gasteiger partial charge in [-0.05, 0) is 48.4 Å². The molecule has 0 radical (unpaired) electrons. The Kier molecular flexibility index (Phi) is 7.20. The number of sulfonamides is 1. The van der Waals surface area contributed by atoms with E-state index in [-0.39, 0.29) is 17.2 Å². The van der Waals surface area contributed by atoms with Crippen LogP contribution in [0.2, 0.25) is 5.02 Å². The quantitative estimate of drug-likeness (QED) is 0.737. The molecule has 26 heavy (non-hydrogen) atoms. The summed E-state index contributed by atoms with van der Waals surface area (Å²) in [6.45, 7) is 2.50. The molecule has 1 amide bonds. The Balaban J connectivity index is 2.00. The van der Waals surface area contributed by atoms with Crippen molar-refractivity contribution in [3.05, 3.63) is 59.1 Å². The van der Waals surface area contributed by atoms with Crippen LogP contribution in [0.3, 0.4) is 0 Å². The number of unbranched alkanes of at least 4 members (excludes halogenated alkanes) is 1. The summed E-state index contributed by atoms with van der Waals surface area (Å²) in [6.07, 6.45) is 1.96. The summed E-state index contributed by atoms with van der Waals surface area (Å²) in [5.41, 5.74) is 1.41. The maximum Gasteiger partial charge on any atom is 0.242 e. The normalized spacial score (nSPS) is 11.5. The molecule has 0 heterocycles. The van der Waals surface area contributed by atoms with Crippen LogP contribution in [0, 0.1) is 0 Å². The lowest BCUT2D eigenvalue weighted by atomic mass is 10.1. The van der Waals surface area contributed by atoms with E-state index in [1.165, 1.54) is 16.4 Å². The summed E-state index contributed by atoms with van der Waals surface area (Å²) >= 11 is 5.83. The molecule has 1 N–H and O–H groups in total. The van der Waals surface area contributed by atoms with E-state index in [2.05, 4.69) is 5.32 Å². The molecular weight excluding hydrogens is 372 g/mol. The standard InChI is InChI=1S/C19H23ClN2O3S/c1-3-4-13-22(2)26(24,25)18-11-9-17(10-12-18)21-19(23)14-15-5-7-16(20)8-6-15/h5-12H,3-4,13-14H2,1-2H3,(H,21,23). The van der Waals surface area contributed by atoms with E-state index in [1.807, 2.05) is 6.92 Å². The molecule has 7 heteroatoms. The predicted octanol–water partition coefficient (Wildman–Crippen LogP) is 3.94. The van der Waals surface area contributed by atoms with E-state index in [0.29, 0.717) is 17.3 Å². The smallest absolute Gasteiger partial charge is 0.242 e. The summed E-state index contributed by atoms with van der Waals surface area (Å²) in [5.74, 6) is -0.178. The molecule has 0 saturated heterocycles. The van der Waals surface area contributed by atoms with Gasteiger partial charge in [0.1, 0.15) is 0 Å². The number of nitrogens with one attached hydrogen (secondary N) is 1. The van der Waals surface area contributed by atoms with E-state index in [0.717, 1.165) is 18.4 Å². The average molecular weight is 395 g/mol. The second kappa shape index (κ2) is 9.16. The van der Waals surface area contributed by atoms with Crippen molar-refractivity contribution in [1.82, 2.24) is 4.31 Å². The summed E-state index contributed by atoms with van der Waals surface area (Å²) in [6, 6.07) is 13.3. The highest BCUT2D eigenvalue weighted by Gasteiger charge is 2.20. The van der Waals surface area contributed by atoms with E-state index >= 15 is 0 Å². The first-order valence-electron chi connectivity index (χ1n) is 8.43. The lowest BCUT2D eigenvalue weighted by molar-refractivity contribution is -0.115. The second-order valence-electron chi connectivity index (χ2n) is 6.06. The van der Waals surface area contributed by atoms with Gasteiger partial charge in [0.15, 0.2) is 0 Å². The zero-order valence-corrected chi connectivity index (χ0v) is 16.5. The molecule has 0 bridgehead atoms. The van der Waals surface area contributed by atoms with Crippen LogP contribution in [-0.4, -0.2) is 32.2 Å². The van der Waals surface area contributed by atoms with Crippen molar-refractivity contribution in [2.45, 2.75) is 31.1 Å². The lowest BCUT2D eigenvalue weighted by Crippen LogP contribution is -2.27. The van der Waals surface area contributed by atoms with Crippen LogP contribution in [0.4, 0.5) is 5.69 Å². The summed E-state index contributed by atoms with van der Waals surface area (Å²) in [4.78, 5) is 12.3. The van der Waals surface area contributed by atoms with E-state index in [1.54, 1.807) is 43.4 Å². The first-order valence-corrected chi connectivity index (χ1v) is 10.3. The Morgan fingerprint density at radius 2 is 1.69 bits per heavy atom. The third kappa shape index (κ3) is 5.56. The van der Waals surface area contributed by atoms with Crippen molar-refractivity contribution >= 4 is 33.2 Å². The van der Waals surface area contributed by atoms with Crippen LogP contribution in [0.1, 0.15) is 25.3 Å². The minimum atomic E-state index is -3.50. The van der Waals surface area contributed by atoms with E-state index in [4.69, 9.17) is 11.6 Å². The molecule has 0 saturated carbocycles. The Morgan fingerprint density at radius 1 is 1.08 bits per heavy atom. The molecule has 2 aromatic carbocycles. The van der Waals surface area contributed by atoms with Crippen LogP contribution in [-0.2, 0) is 21.2 Å². The number of halogens is 1. The zero-order valence-electron chi connectivity index (χ0n) is 14.9. The molecule has 0 unspecified atom stereocenters. The first kappa shape index (κ1) is 20.4. The maximum absolute atomic E-state index is 12.5. The molecule has 140 valence electrons. The van der Waals surface area contributed by atoms with Crippen LogP contribution in [0.5, 0.6) is 0 Å². The monoisotopic (exact) mass is 394 g/mol. The van der Waals surface area contributed by atoms with Crippen molar-refractivity contribution < 1.29 is 13.2 Å². The van der Waals surface area contributed by atoms with Gasteiger partial charge in [0.25, 0.3) is 0 Å². The summed E-state index contributed by atoms with van der Waals surface area (Å²) in [7, 11) is -1.92. The fourth-order valence-corrected chi connectivity index (χ4v) is 3.72. The van der Waals surface area contributed by atoms with Crippen LogP contribution in [0.15, 0.2) is 53.4 Å². The molecule has 2 aromatic rings. The summed E-state index contributed by atoms with van der Waals surface area (Å²) in [5, 5.41) is 3.39. The number of benzene rings is 2. The number of carbonyl (C=O) groups is 1. The highest BCUT2D eigenvalue weighted by molar-refractivity contribution is 7.89. The van der Waals surface area contributed by atoms with Gasteiger partial charge in [-0.1, -0.05) is 37.1 Å². The van der Waals surface area contributed by atoms with Gasteiger partial charge < -0.3 is 5.32 Å². The maximum atomic E-state index is 12.5. The van der Waals surface area contributed by atoms with Gasteiger partial charge in [-0.3, -0.25) is 4.79 Å². The number of amides is 1. The molecule has 0 atom stereocenters. The number of nitrogens with zero attached hydrogens (tertiary/aromatic N) is 1. The van der Waals surface area contributed by atoms with Gasteiger partial charge in [0, 0.05) is 24.3 Å². The first-order chi connectivity index (χ1) is 12.3. The van der Waals surface area contributed by atoms with Crippen molar-refractivity contribution in [3.63, 3.8) is 0 Å². The lowest BCUT2D eigenvalue weighted by Gasteiger charge is -2.17. The van der Waals surface area contributed by atoms with Crippen LogP contribution in [0.25, 0.3) is 0 Å². The van der Waals surface area contributed by atoms with Gasteiger partial charge in [0.05, 0.1) is 11.3 Å². The number of anilines is 1. The Labute approximate surface area is 160 Å². The Bertz CT molecular complexity index is 834. The molecule has 0 spiro atoms. The molecular formula is C19H23ClN2O3S. The largest absolute Gasteiger partial charge is 0.326 e. The SMILES string of the molecule is CCCCN(C)S(=O)(=O)c1ccc(NC(=O)Cc2ccc(Cl)cc2)cc1. The average Bonchev–Trinajstić information content (AvgIpc) is 2.62. The zero-order chi connectivity index (χ0) is 19.2. The predicted molar refractivity (Wildman–Crippen MR) is 105 cm³/mol. The van der Waals surface area contributed by atoms with Gasteiger partial charge in [-0.2, -0.15) is 0 Å². The number of rotatable bonds is 8. The van der Waals surface area contributed by atoms with Crippen molar-refractivity contribution in [3.8, 4) is 0 Å². The summed E-state index contributed by atoms with van der Waals surface area (Å²) < 4.78 is 26.3. The minimum absolute atomic E-state index is 0.178. The minimum Gasteiger partial charge on any atom is -0.326 e. The fraction of sp³-hybridized carbons (Fsp3) is 0.316. The van der Waals surface area contributed by atoms with Crippen LogP contribution < -0.4 is 5.32 Å². The topological polar surface area (TPSA) is 66.5 Å². The van der Waals surface area contributed by atoms with Crippen LogP contribution >= 0.6 is 11.6 Å². The molecule has 0 aliphatic rings. The Morgan fingerprint density at radius 3 is 2.27 bits per heavy atom. The number of carbonyl (C=O) groups excluding carboxylic acids is 1. The Hall–Kier alpha value is -1.89. The number of hydrogen-bond donors (Lipinski definition) is 1. The van der Waals surface area contributed by atoms with Crippen molar-refractivity contribution in [2.24, 2.45) is 0 Å². The third-order valence-corrected chi connectivity index (χ3v) is 6.07. The molecule has 0 aliphatic heterocycles. The molecule has 0 aromatic heterocycles. The highest BCUT2D eigenvalue weighted by atomic mass is 35.5. The van der Waals surface area contributed by atoms with E-state index < -0.39 is 10.0 Å². The third-order valence-electron chi connectivity index (χ3n) is 3.95. The molecule has 0 aliphatic carbocycles. The van der Waals surface area contributed by atoms with Gasteiger partial charge >= 0.3 is 0 Å². The van der Waals surface area contributed by atoms with Gasteiger partial charge in [-0.25, -0.2) is 12.7 Å². The number of hydrogen-bond acceptors (Lipinski definition) is 3. The molecule has 0 fully saturated rings. The fourth-order valence-electron chi connectivity index (χ4n) is 2.38. The van der Waals surface area contributed by atoms with Crippen molar-refractivity contribution in [1.29, 1.82) is 0 Å². The second-order valence-corrected chi connectivity index (χ2v) is 8.54.